The van der Waals surface area contributed by atoms with E-state index in [4.69, 9.17) is 10.5 Å². The standard InChI is InChI=1S/C16H18N4O/c1-2-3-8-21-14-10-12(11-4-6-18-7-5-11)9-13-15(14)16(17)20-19-13/h4-7,9-10H,2-3,8H2,1H3,(H3,17,19,20). The van der Waals surface area contributed by atoms with Crippen LogP contribution in [0.4, 0.5) is 5.82 Å². The number of unbranched alkanes of at least 4 members (excludes halogenated alkanes) is 1. The fraction of sp³-hybridized carbons (Fsp3) is 0.250. The lowest BCUT2D eigenvalue weighted by molar-refractivity contribution is 0.313. The molecular formula is C16H18N4O. The molecule has 0 unspecified atom stereocenters. The number of nitrogens with two attached hydrogens (primary N) is 1. The van der Waals surface area contributed by atoms with Crippen molar-refractivity contribution in [3.63, 3.8) is 0 Å². The summed E-state index contributed by atoms with van der Waals surface area (Å²) in [5, 5.41) is 7.89. The smallest absolute Gasteiger partial charge is 0.156 e. The summed E-state index contributed by atoms with van der Waals surface area (Å²) in [4.78, 5) is 4.05. The molecule has 108 valence electrons. The van der Waals surface area contributed by atoms with Crippen LogP contribution < -0.4 is 10.5 Å². The van der Waals surface area contributed by atoms with Crippen LogP contribution in [0.3, 0.4) is 0 Å². The van der Waals surface area contributed by atoms with E-state index >= 15 is 0 Å². The average molecular weight is 282 g/mol. The molecule has 5 nitrogen and oxygen atoms in total. The van der Waals surface area contributed by atoms with Gasteiger partial charge in [-0.2, -0.15) is 5.10 Å². The lowest BCUT2D eigenvalue weighted by Gasteiger charge is -2.10. The summed E-state index contributed by atoms with van der Waals surface area (Å²) >= 11 is 0. The van der Waals surface area contributed by atoms with Gasteiger partial charge >= 0.3 is 0 Å². The van der Waals surface area contributed by atoms with Crippen molar-refractivity contribution >= 4 is 16.7 Å². The van der Waals surface area contributed by atoms with E-state index in [0.29, 0.717) is 12.4 Å². The summed E-state index contributed by atoms with van der Waals surface area (Å²) in [5.41, 5.74) is 8.96. The van der Waals surface area contributed by atoms with E-state index in [1.54, 1.807) is 12.4 Å². The van der Waals surface area contributed by atoms with Gasteiger partial charge in [0, 0.05) is 12.4 Å². The number of nitrogen functional groups attached to an aromatic ring is 1. The maximum atomic E-state index is 5.94. The molecule has 2 aromatic heterocycles. The molecule has 3 rings (SSSR count). The van der Waals surface area contributed by atoms with E-state index < -0.39 is 0 Å². The fourth-order valence-electron chi connectivity index (χ4n) is 2.30. The van der Waals surface area contributed by atoms with Crippen molar-refractivity contribution < 1.29 is 4.74 Å². The van der Waals surface area contributed by atoms with Crippen LogP contribution in [-0.2, 0) is 0 Å². The number of pyridine rings is 1. The zero-order valence-electron chi connectivity index (χ0n) is 12.0. The second-order valence-corrected chi connectivity index (χ2v) is 4.94. The van der Waals surface area contributed by atoms with Crippen LogP contribution in [0.15, 0.2) is 36.7 Å². The van der Waals surface area contributed by atoms with Crippen molar-refractivity contribution in [2.24, 2.45) is 0 Å². The zero-order chi connectivity index (χ0) is 14.7. The summed E-state index contributed by atoms with van der Waals surface area (Å²) < 4.78 is 5.91. The van der Waals surface area contributed by atoms with E-state index in [9.17, 15) is 0 Å². The van der Waals surface area contributed by atoms with Gasteiger partial charge in [-0.3, -0.25) is 10.1 Å². The highest BCUT2D eigenvalue weighted by Gasteiger charge is 2.12. The first kappa shape index (κ1) is 13.4. The van der Waals surface area contributed by atoms with Gasteiger partial charge in [-0.25, -0.2) is 0 Å². The summed E-state index contributed by atoms with van der Waals surface area (Å²) in [5.74, 6) is 1.25. The minimum Gasteiger partial charge on any atom is -0.493 e. The molecule has 0 radical (unpaired) electrons. The number of ether oxygens (including phenoxy) is 1. The fourth-order valence-corrected chi connectivity index (χ4v) is 2.30. The molecule has 3 N–H and O–H groups in total. The van der Waals surface area contributed by atoms with E-state index in [0.717, 1.165) is 40.6 Å². The molecule has 3 aromatic rings. The number of rotatable bonds is 5. The molecule has 1 aromatic carbocycles. The minimum absolute atomic E-state index is 0.470. The van der Waals surface area contributed by atoms with Gasteiger partial charge in [0.2, 0.25) is 0 Å². The summed E-state index contributed by atoms with van der Waals surface area (Å²) in [6.07, 6.45) is 5.66. The van der Waals surface area contributed by atoms with Crippen molar-refractivity contribution in [1.29, 1.82) is 0 Å². The molecule has 0 bridgehead atoms. The summed E-state index contributed by atoms with van der Waals surface area (Å²) in [7, 11) is 0. The van der Waals surface area contributed by atoms with E-state index in [-0.39, 0.29) is 0 Å². The molecule has 0 atom stereocenters. The molecule has 21 heavy (non-hydrogen) atoms. The third kappa shape index (κ3) is 2.67. The number of hydrogen-bond donors (Lipinski definition) is 2. The number of H-pyrrole nitrogens is 1. The van der Waals surface area contributed by atoms with Gasteiger partial charge in [0.1, 0.15) is 5.75 Å². The van der Waals surface area contributed by atoms with Gasteiger partial charge in [-0.1, -0.05) is 13.3 Å². The van der Waals surface area contributed by atoms with E-state index in [1.807, 2.05) is 24.3 Å². The Bertz CT molecular complexity index is 737. The third-order valence-corrected chi connectivity index (χ3v) is 3.42. The number of benzene rings is 1. The molecular weight excluding hydrogens is 264 g/mol. The Balaban J connectivity index is 2.07. The van der Waals surface area contributed by atoms with Gasteiger partial charge in [0.15, 0.2) is 5.82 Å². The molecule has 0 aliphatic heterocycles. The number of nitrogens with one attached hydrogen (secondary N) is 1. The van der Waals surface area contributed by atoms with Crippen LogP contribution >= 0.6 is 0 Å². The quantitative estimate of drug-likeness (QED) is 0.703. The molecule has 0 saturated heterocycles. The molecule has 0 fully saturated rings. The topological polar surface area (TPSA) is 76.8 Å². The number of aromatic amines is 1. The lowest BCUT2D eigenvalue weighted by atomic mass is 10.0. The Morgan fingerprint density at radius 2 is 2.00 bits per heavy atom. The second kappa shape index (κ2) is 5.83. The first-order valence-electron chi connectivity index (χ1n) is 7.10. The zero-order valence-corrected chi connectivity index (χ0v) is 12.0. The highest BCUT2D eigenvalue weighted by molar-refractivity contribution is 5.97. The molecule has 0 aliphatic carbocycles. The maximum Gasteiger partial charge on any atom is 0.156 e. The van der Waals surface area contributed by atoms with Crippen LogP contribution in [0.25, 0.3) is 22.0 Å². The SMILES string of the molecule is CCCCOc1cc(-c2ccncc2)cc2[nH]nc(N)c12. The molecule has 0 spiro atoms. The number of hydrogen-bond acceptors (Lipinski definition) is 4. The van der Waals surface area contributed by atoms with Crippen LogP contribution in [0.5, 0.6) is 5.75 Å². The molecule has 0 aliphatic rings. The molecule has 0 saturated carbocycles. The summed E-state index contributed by atoms with van der Waals surface area (Å²) in [6.45, 7) is 2.81. The van der Waals surface area contributed by atoms with Gasteiger partial charge in [-0.15, -0.1) is 0 Å². The molecule has 5 heteroatoms. The van der Waals surface area contributed by atoms with Crippen LogP contribution in [0.2, 0.25) is 0 Å². The lowest BCUT2D eigenvalue weighted by Crippen LogP contribution is -1.98. The van der Waals surface area contributed by atoms with Gasteiger partial charge in [0.25, 0.3) is 0 Å². The summed E-state index contributed by atoms with van der Waals surface area (Å²) in [6, 6.07) is 7.98. The predicted octanol–water partition coefficient (Wildman–Crippen LogP) is 3.39. The Kier molecular flexibility index (Phi) is 3.73. The predicted molar refractivity (Wildman–Crippen MR) is 84.1 cm³/mol. The van der Waals surface area contributed by atoms with E-state index in [2.05, 4.69) is 22.1 Å². The van der Waals surface area contributed by atoms with Crippen molar-refractivity contribution in [3.05, 3.63) is 36.7 Å². The van der Waals surface area contributed by atoms with Gasteiger partial charge < -0.3 is 10.5 Å². The average Bonchev–Trinajstić information content (AvgIpc) is 2.90. The maximum absolute atomic E-state index is 5.94. The Hall–Kier alpha value is -2.56. The molecule has 0 amide bonds. The van der Waals surface area contributed by atoms with Crippen molar-refractivity contribution in [2.75, 3.05) is 12.3 Å². The number of anilines is 1. The minimum atomic E-state index is 0.470. The first-order valence-corrected chi connectivity index (χ1v) is 7.10. The monoisotopic (exact) mass is 282 g/mol. The first-order chi connectivity index (χ1) is 10.3. The van der Waals surface area contributed by atoms with Crippen LogP contribution in [0.1, 0.15) is 19.8 Å². The van der Waals surface area contributed by atoms with Crippen molar-refractivity contribution in [3.8, 4) is 16.9 Å². The van der Waals surface area contributed by atoms with Gasteiger partial charge in [0.05, 0.1) is 17.5 Å². The Morgan fingerprint density at radius 1 is 1.19 bits per heavy atom. The van der Waals surface area contributed by atoms with Gasteiger partial charge in [-0.05, 0) is 41.8 Å². The Morgan fingerprint density at radius 3 is 2.76 bits per heavy atom. The third-order valence-electron chi connectivity index (χ3n) is 3.42. The van der Waals surface area contributed by atoms with E-state index in [1.165, 1.54) is 0 Å². The molecule has 2 heterocycles. The van der Waals surface area contributed by atoms with Crippen LogP contribution in [0, 0.1) is 0 Å². The highest BCUT2D eigenvalue weighted by atomic mass is 16.5. The highest BCUT2D eigenvalue weighted by Crippen LogP contribution is 2.34. The van der Waals surface area contributed by atoms with Crippen molar-refractivity contribution in [1.82, 2.24) is 15.2 Å². The van der Waals surface area contributed by atoms with Crippen molar-refractivity contribution in [2.45, 2.75) is 19.8 Å². The van der Waals surface area contributed by atoms with Crippen LogP contribution in [-0.4, -0.2) is 21.8 Å². The second-order valence-electron chi connectivity index (χ2n) is 4.94. The number of fused-ring (bicyclic) bond motifs is 1. The normalized spacial score (nSPS) is 10.9. The largest absolute Gasteiger partial charge is 0.493 e. The number of nitrogens with zero attached hydrogens (tertiary/aromatic N) is 2. The Labute approximate surface area is 123 Å². The number of aromatic nitrogens is 3.